The minimum Gasteiger partial charge on any atom is -0.389 e. The van der Waals surface area contributed by atoms with Crippen molar-refractivity contribution in [3.8, 4) is 0 Å². The Morgan fingerprint density at radius 3 is 2.38 bits per heavy atom. The SMILES string of the molecule is NC(=S)c1cc(NC(=O)c2cc(Br)ccc2F)ccc1F. The molecule has 0 saturated carbocycles. The van der Waals surface area contributed by atoms with Crippen LogP contribution in [0.2, 0.25) is 0 Å². The van der Waals surface area contributed by atoms with Crippen LogP contribution in [-0.2, 0) is 0 Å². The van der Waals surface area contributed by atoms with E-state index in [2.05, 4.69) is 21.2 Å². The second kappa shape index (κ2) is 6.28. The van der Waals surface area contributed by atoms with Gasteiger partial charge in [0, 0.05) is 15.7 Å². The highest BCUT2D eigenvalue weighted by Gasteiger charge is 2.14. The average molecular weight is 371 g/mol. The first-order valence-electron chi connectivity index (χ1n) is 5.74. The minimum atomic E-state index is -0.660. The first-order valence-corrected chi connectivity index (χ1v) is 6.94. The summed E-state index contributed by atoms with van der Waals surface area (Å²) in [5.41, 5.74) is 5.53. The maximum Gasteiger partial charge on any atom is 0.258 e. The number of nitrogens with two attached hydrogens (primary N) is 1. The van der Waals surface area contributed by atoms with Crippen LogP contribution in [0.25, 0.3) is 0 Å². The first kappa shape index (κ1) is 15.5. The van der Waals surface area contributed by atoms with Crippen LogP contribution in [0, 0.1) is 11.6 Å². The van der Waals surface area contributed by atoms with Gasteiger partial charge in [-0.15, -0.1) is 0 Å². The molecule has 0 aliphatic rings. The van der Waals surface area contributed by atoms with Gasteiger partial charge in [-0.25, -0.2) is 8.78 Å². The van der Waals surface area contributed by atoms with E-state index < -0.39 is 17.5 Å². The molecule has 0 heterocycles. The number of anilines is 1. The Labute approximate surface area is 133 Å². The quantitative estimate of drug-likeness (QED) is 0.811. The second-order valence-electron chi connectivity index (χ2n) is 4.14. The monoisotopic (exact) mass is 370 g/mol. The normalized spacial score (nSPS) is 10.2. The Kier molecular flexibility index (Phi) is 4.64. The third-order valence-corrected chi connectivity index (χ3v) is 3.38. The van der Waals surface area contributed by atoms with Crippen LogP contribution in [0.3, 0.4) is 0 Å². The van der Waals surface area contributed by atoms with Crippen LogP contribution in [-0.4, -0.2) is 10.9 Å². The number of hydrogen-bond acceptors (Lipinski definition) is 2. The Hall–Kier alpha value is -1.86. The number of benzene rings is 2. The molecule has 0 bridgehead atoms. The molecule has 3 N–H and O–H groups in total. The number of carbonyl (C=O) groups is 1. The van der Waals surface area contributed by atoms with Gasteiger partial charge in [-0.1, -0.05) is 28.1 Å². The van der Waals surface area contributed by atoms with Crippen LogP contribution in [0.15, 0.2) is 40.9 Å². The topological polar surface area (TPSA) is 55.1 Å². The second-order valence-corrected chi connectivity index (χ2v) is 5.49. The summed E-state index contributed by atoms with van der Waals surface area (Å²) in [6, 6.07) is 7.76. The van der Waals surface area contributed by atoms with E-state index in [0.29, 0.717) is 4.47 Å². The van der Waals surface area contributed by atoms with Crippen molar-refractivity contribution in [2.24, 2.45) is 5.73 Å². The lowest BCUT2D eigenvalue weighted by molar-refractivity contribution is 0.102. The Morgan fingerprint density at radius 1 is 1.10 bits per heavy atom. The molecule has 2 rings (SSSR count). The van der Waals surface area contributed by atoms with Crippen molar-refractivity contribution in [3.05, 3.63) is 63.6 Å². The van der Waals surface area contributed by atoms with Crippen LogP contribution in [0.5, 0.6) is 0 Å². The molecule has 1 amide bonds. The van der Waals surface area contributed by atoms with Crippen molar-refractivity contribution in [1.82, 2.24) is 0 Å². The highest BCUT2D eigenvalue weighted by atomic mass is 79.9. The zero-order chi connectivity index (χ0) is 15.6. The maximum absolute atomic E-state index is 13.6. The summed E-state index contributed by atoms with van der Waals surface area (Å²) in [7, 11) is 0. The highest BCUT2D eigenvalue weighted by molar-refractivity contribution is 9.10. The van der Waals surface area contributed by atoms with Crippen molar-refractivity contribution in [3.63, 3.8) is 0 Å². The van der Waals surface area contributed by atoms with Crippen molar-refractivity contribution < 1.29 is 13.6 Å². The first-order chi connectivity index (χ1) is 9.88. The minimum absolute atomic E-state index is 0.0116. The standard InChI is InChI=1S/C14H9BrF2N2OS/c15-7-1-3-12(17)10(5-7)14(20)19-8-2-4-11(16)9(6-8)13(18)21/h1-6H,(H2,18,21)(H,19,20). The number of halogens is 3. The number of nitrogens with one attached hydrogen (secondary N) is 1. The number of carbonyl (C=O) groups excluding carboxylic acids is 1. The molecule has 0 saturated heterocycles. The molecule has 2 aromatic carbocycles. The molecule has 0 aromatic heterocycles. The fourth-order valence-electron chi connectivity index (χ4n) is 1.66. The van der Waals surface area contributed by atoms with Gasteiger partial charge in [0.15, 0.2) is 0 Å². The van der Waals surface area contributed by atoms with E-state index in [1.54, 1.807) is 0 Å². The van der Waals surface area contributed by atoms with E-state index in [1.807, 2.05) is 0 Å². The van der Waals surface area contributed by atoms with Gasteiger partial charge in [0.1, 0.15) is 16.6 Å². The van der Waals surface area contributed by atoms with Crippen LogP contribution in [0.4, 0.5) is 14.5 Å². The lowest BCUT2D eigenvalue weighted by Crippen LogP contribution is -2.16. The summed E-state index contributed by atoms with van der Waals surface area (Å²) < 4.78 is 27.6. The van der Waals surface area contributed by atoms with Gasteiger partial charge in [0.2, 0.25) is 0 Å². The van der Waals surface area contributed by atoms with E-state index >= 15 is 0 Å². The van der Waals surface area contributed by atoms with Crippen LogP contribution >= 0.6 is 28.1 Å². The molecule has 2 aromatic rings. The van der Waals surface area contributed by atoms with Gasteiger partial charge in [-0.3, -0.25) is 4.79 Å². The molecule has 108 valence electrons. The number of thiocarbonyl (C=S) groups is 1. The molecule has 0 unspecified atom stereocenters. The maximum atomic E-state index is 13.6. The molecule has 3 nitrogen and oxygen atoms in total. The van der Waals surface area contributed by atoms with Crippen molar-refractivity contribution in [2.75, 3.05) is 5.32 Å². The predicted molar refractivity (Wildman–Crippen MR) is 84.3 cm³/mol. The smallest absolute Gasteiger partial charge is 0.258 e. The van der Waals surface area contributed by atoms with E-state index in [0.717, 1.165) is 6.07 Å². The summed E-state index contributed by atoms with van der Waals surface area (Å²) in [6.07, 6.45) is 0. The van der Waals surface area contributed by atoms with E-state index in [-0.39, 0.29) is 21.8 Å². The molecule has 7 heteroatoms. The molecule has 0 radical (unpaired) electrons. The lowest BCUT2D eigenvalue weighted by Gasteiger charge is -2.09. The van der Waals surface area contributed by atoms with Crippen LogP contribution < -0.4 is 11.1 Å². The van der Waals surface area contributed by atoms with Gasteiger partial charge in [0.25, 0.3) is 5.91 Å². The summed E-state index contributed by atoms with van der Waals surface area (Å²) in [5, 5.41) is 2.47. The molecule has 0 aliphatic heterocycles. The van der Waals surface area contributed by atoms with Gasteiger partial charge in [-0.2, -0.15) is 0 Å². The molecular formula is C14H9BrF2N2OS. The van der Waals surface area contributed by atoms with Gasteiger partial charge < -0.3 is 11.1 Å². The fraction of sp³-hybridized carbons (Fsp3) is 0. The third kappa shape index (κ3) is 3.62. The van der Waals surface area contributed by atoms with Gasteiger partial charge >= 0.3 is 0 Å². The molecular weight excluding hydrogens is 362 g/mol. The summed E-state index contributed by atoms with van der Waals surface area (Å²) in [6.45, 7) is 0. The van der Waals surface area contributed by atoms with Crippen molar-refractivity contribution in [1.29, 1.82) is 0 Å². The lowest BCUT2D eigenvalue weighted by atomic mass is 10.1. The Bertz CT molecular complexity index is 737. The zero-order valence-electron chi connectivity index (χ0n) is 10.5. The number of amides is 1. The number of rotatable bonds is 3. The number of hydrogen-bond donors (Lipinski definition) is 2. The Morgan fingerprint density at radius 2 is 1.71 bits per heavy atom. The highest BCUT2D eigenvalue weighted by Crippen LogP contribution is 2.19. The summed E-state index contributed by atoms with van der Waals surface area (Å²) in [4.78, 5) is 11.9. The Balaban J connectivity index is 2.29. The van der Waals surface area contributed by atoms with E-state index in [1.165, 1.54) is 30.3 Å². The van der Waals surface area contributed by atoms with E-state index in [9.17, 15) is 13.6 Å². The van der Waals surface area contributed by atoms with Gasteiger partial charge in [0.05, 0.1) is 5.56 Å². The third-order valence-electron chi connectivity index (χ3n) is 2.66. The largest absolute Gasteiger partial charge is 0.389 e. The van der Waals surface area contributed by atoms with Crippen LogP contribution in [0.1, 0.15) is 15.9 Å². The molecule has 0 aliphatic carbocycles. The fourth-order valence-corrected chi connectivity index (χ4v) is 2.18. The van der Waals surface area contributed by atoms with Gasteiger partial charge in [-0.05, 0) is 36.4 Å². The molecule has 0 atom stereocenters. The molecule has 0 fully saturated rings. The van der Waals surface area contributed by atoms with E-state index in [4.69, 9.17) is 18.0 Å². The molecule has 0 spiro atoms. The zero-order valence-corrected chi connectivity index (χ0v) is 12.9. The summed E-state index contributed by atoms with van der Waals surface area (Å²) >= 11 is 7.87. The predicted octanol–water partition coefficient (Wildman–Crippen LogP) is 3.61. The summed E-state index contributed by atoms with van der Waals surface area (Å²) in [5.74, 6) is -1.91. The van der Waals surface area contributed by atoms with Crippen molar-refractivity contribution in [2.45, 2.75) is 0 Å². The average Bonchev–Trinajstić information content (AvgIpc) is 2.43. The van der Waals surface area contributed by atoms with Crippen molar-refractivity contribution >= 4 is 44.7 Å². The molecule has 21 heavy (non-hydrogen) atoms.